The number of carbonyl (C=O) groups is 1. The van der Waals surface area contributed by atoms with Crippen molar-refractivity contribution in [3.05, 3.63) is 35.9 Å². The van der Waals surface area contributed by atoms with Crippen LogP contribution in [0.3, 0.4) is 0 Å². The fraction of sp³-hybridized carbons (Fsp3) is 0.308. The molecule has 17 heavy (non-hydrogen) atoms. The highest BCUT2D eigenvalue weighted by Gasteiger charge is 2.08. The molecule has 0 aliphatic rings. The summed E-state index contributed by atoms with van der Waals surface area (Å²) < 4.78 is 5.10. The van der Waals surface area contributed by atoms with E-state index >= 15 is 0 Å². The molecule has 0 saturated heterocycles. The van der Waals surface area contributed by atoms with E-state index in [2.05, 4.69) is 0 Å². The largest absolute Gasteiger partial charge is 0.497 e. The standard InChI is InChI=1S/C13H17NO3/c1-17-11-7-4-6-10(9-11)5-2-3-8-12(14)13(15)16/h2,4-7,9,12H,3,8,14H2,1H3,(H,15,16)/b5-2+. The Morgan fingerprint density at radius 2 is 2.35 bits per heavy atom. The van der Waals surface area contributed by atoms with Gasteiger partial charge in [0.1, 0.15) is 11.8 Å². The van der Waals surface area contributed by atoms with E-state index in [1.165, 1.54) is 0 Å². The summed E-state index contributed by atoms with van der Waals surface area (Å²) in [7, 11) is 1.62. The molecule has 3 N–H and O–H groups in total. The second-order valence-corrected chi connectivity index (χ2v) is 3.70. The Bertz CT molecular complexity index is 401. The van der Waals surface area contributed by atoms with Crippen molar-refractivity contribution in [2.75, 3.05) is 7.11 Å². The number of hydrogen-bond donors (Lipinski definition) is 2. The third-order valence-electron chi connectivity index (χ3n) is 2.37. The predicted molar refractivity (Wildman–Crippen MR) is 66.9 cm³/mol. The lowest BCUT2D eigenvalue weighted by Gasteiger charge is -2.03. The molecule has 0 aliphatic carbocycles. The quantitative estimate of drug-likeness (QED) is 0.789. The van der Waals surface area contributed by atoms with Crippen LogP contribution in [0.15, 0.2) is 30.3 Å². The van der Waals surface area contributed by atoms with E-state index in [-0.39, 0.29) is 0 Å². The van der Waals surface area contributed by atoms with Crippen molar-refractivity contribution in [1.82, 2.24) is 0 Å². The lowest BCUT2D eigenvalue weighted by Crippen LogP contribution is -2.29. The van der Waals surface area contributed by atoms with Crippen molar-refractivity contribution in [1.29, 1.82) is 0 Å². The highest BCUT2D eigenvalue weighted by molar-refractivity contribution is 5.73. The van der Waals surface area contributed by atoms with Gasteiger partial charge in [-0.15, -0.1) is 0 Å². The number of aliphatic carboxylic acids is 1. The van der Waals surface area contributed by atoms with Crippen molar-refractivity contribution < 1.29 is 14.6 Å². The molecule has 0 bridgehead atoms. The molecule has 0 spiro atoms. The van der Waals surface area contributed by atoms with Gasteiger partial charge in [-0.1, -0.05) is 24.3 Å². The zero-order valence-electron chi connectivity index (χ0n) is 9.80. The Morgan fingerprint density at radius 3 is 3.00 bits per heavy atom. The fourth-order valence-electron chi connectivity index (χ4n) is 1.36. The molecule has 0 heterocycles. The van der Waals surface area contributed by atoms with Crippen LogP contribution in [0.2, 0.25) is 0 Å². The maximum absolute atomic E-state index is 10.5. The first kappa shape index (κ1) is 13.3. The van der Waals surface area contributed by atoms with Gasteiger partial charge in [0.2, 0.25) is 0 Å². The Labute approximate surface area is 101 Å². The monoisotopic (exact) mass is 235 g/mol. The summed E-state index contributed by atoms with van der Waals surface area (Å²) in [4.78, 5) is 10.5. The van der Waals surface area contributed by atoms with E-state index in [9.17, 15) is 4.79 Å². The van der Waals surface area contributed by atoms with Crippen LogP contribution in [0.4, 0.5) is 0 Å². The average Bonchev–Trinajstić information content (AvgIpc) is 2.34. The van der Waals surface area contributed by atoms with E-state index in [0.717, 1.165) is 11.3 Å². The predicted octanol–water partition coefficient (Wildman–Crippen LogP) is 1.90. The summed E-state index contributed by atoms with van der Waals surface area (Å²) in [6, 6.07) is 6.85. The van der Waals surface area contributed by atoms with Crippen LogP contribution < -0.4 is 10.5 Å². The van der Waals surface area contributed by atoms with Crippen molar-refractivity contribution in [2.24, 2.45) is 5.73 Å². The summed E-state index contributed by atoms with van der Waals surface area (Å²) in [5, 5.41) is 8.60. The van der Waals surface area contributed by atoms with Crippen LogP contribution >= 0.6 is 0 Å². The van der Waals surface area contributed by atoms with Gasteiger partial charge in [0.25, 0.3) is 0 Å². The molecule has 4 heteroatoms. The maximum Gasteiger partial charge on any atom is 0.320 e. The molecule has 1 aromatic rings. The zero-order valence-corrected chi connectivity index (χ0v) is 9.80. The summed E-state index contributed by atoms with van der Waals surface area (Å²) in [5.74, 6) is -0.158. The number of ether oxygens (including phenoxy) is 1. The summed E-state index contributed by atoms with van der Waals surface area (Å²) in [6.45, 7) is 0. The van der Waals surface area contributed by atoms with E-state index < -0.39 is 12.0 Å². The van der Waals surface area contributed by atoms with Gasteiger partial charge in [0, 0.05) is 0 Å². The molecule has 1 atom stereocenters. The van der Waals surface area contributed by atoms with E-state index in [4.69, 9.17) is 15.6 Å². The molecule has 0 radical (unpaired) electrons. The zero-order chi connectivity index (χ0) is 12.7. The maximum atomic E-state index is 10.5. The van der Waals surface area contributed by atoms with E-state index in [1.807, 2.05) is 36.4 Å². The number of benzene rings is 1. The molecule has 0 aliphatic heterocycles. The lowest BCUT2D eigenvalue weighted by molar-refractivity contribution is -0.138. The van der Waals surface area contributed by atoms with Crippen molar-refractivity contribution in [3.63, 3.8) is 0 Å². The normalized spacial score (nSPS) is 12.6. The summed E-state index contributed by atoms with van der Waals surface area (Å²) in [6.07, 6.45) is 4.93. The van der Waals surface area contributed by atoms with Crippen LogP contribution in [0.5, 0.6) is 5.75 Å². The van der Waals surface area contributed by atoms with Gasteiger partial charge in [-0.3, -0.25) is 4.79 Å². The van der Waals surface area contributed by atoms with Crippen LogP contribution in [-0.4, -0.2) is 24.2 Å². The smallest absolute Gasteiger partial charge is 0.320 e. The highest BCUT2D eigenvalue weighted by atomic mass is 16.5. The molecular formula is C13H17NO3. The second-order valence-electron chi connectivity index (χ2n) is 3.70. The van der Waals surface area contributed by atoms with Gasteiger partial charge >= 0.3 is 5.97 Å². The van der Waals surface area contributed by atoms with E-state index in [0.29, 0.717) is 12.8 Å². The number of rotatable bonds is 6. The molecule has 0 fully saturated rings. The Morgan fingerprint density at radius 1 is 1.59 bits per heavy atom. The molecule has 1 rings (SSSR count). The molecule has 92 valence electrons. The molecule has 1 unspecified atom stereocenters. The Hall–Kier alpha value is -1.81. The van der Waals surface area contributed by atoms with Gasteiger partial charge in [-0.05, 0) is 30.5 Å². The number of carboxylic acid groups (broad SMARTS) is 1. The van der Waals surface area contributed by atoms with Crippen LogP contribution in [-0.2, 0) is 4.79 Å². The molecule has 4 nitrogen and oxygen atoms in total. The van der Waals surface area contributed by atoms with Crippen molar-refractivity contribution in [2.45, 2.75) is 18.9 Å². The first-order chi connectivity index (χ1) is 8.13. The Kier molecular flexibility index (Phi) is 5.23. The van der Waals surface area contributed by atoms with Crippen LogP contribution in [0.1, 0.15) is 18.4 Å². The fourth-order valence-corrected chi connectivity index (χ4v) is 1.36. The van der Waals surface area contributed by atoms with Crippen LogP contribution in [0.25, 0.3) is 6.08 Å². The average molecular weight is 235 g/mol. The molecule has 0 saturated carbocycles. The second kappa shape index (κ2) is 6.70. The number of hydrogen-bond acceptors (Lipinski definition) is 3. The minimum Gasteiger partial charge on any atom is -0.497 e. The van der Waals surface area contributed by atoms with Gasteiger partial charge in [-0.2, -0.15) is 0 Å². The third-order valence-corrected chi connectivity index (χ3v) is 2.37. The van der Waals surface area contributed by atoms with Crippen molar-refractivity contribution >= 4 is 12.0 Å². The number of carboxylic acids is 1. The van der Waals surface area contributed by atoms with E-state index in [1.54, 1.807) is 7.11 Å². The van der Waals surface area contributed by atoms with Gasteiger partial charge in [0.05, 0.1) is 7.11 Å². The molecule has 1 aromatic carbocycles. The highest BCUT2D eigenvalue weighted by Crippen LogP contribution is 2.14. The first-order valence-corrected chi connectivity index (χ1v) is 5.42. The number of methoxy groups -OCH3 is 1. The lowest BCUT2D eigenvalue weighted by atomic mass is 10.1. The SMILES string of the molecule is COc1cccc(/C=C/CCC(N)C(=O)O)c1. The molecule has 0 aromatic heterocycles. The molecule has 0 amide bonds. The number of nitrogens with two attached hydrogens (primary N) is 1. The summed E-state index contributed by atoms with van der Waals surface area (Å²) in [5.41, 5.74) is 6.41. The first-order valence-electron chi connectivity index (χ1n) is 5.42. The number of allylic oxidation sites excluding steroid dienone is 1. The Balaban J connectivity index is 2.45. The van der Waals surface area contributed by atoms with Crippen molar-refractivity contribution in [3.8, 4) is 5.75 Å². The van der Waals surface area contributed by atoms with Crippen LogP contribution in [0, 0.1) is 0 Å². The minimum absolute atomic E-state index is 0.440. The minimum atomic E-state index is -0.959. The topological polar surface area (TPSA) is 72.5 Å². The summed E-state index contributed by atoms with van der Waals surface area (Å²) >= 11 is 0. The molecular weight excluding hydrogens is 218 g/mol. The third kappa shape index (κ3) is 4.70. The van der Waals surface area contributed by atoms with Gasteiger partial charge in [0.15, 0.2) is 0 Å². The van der Waals surface area contributed by atoms with Gasteiger partial charge < -0.3 is 15.6 Å². The van der Waals surface area contributed by atoms with Gasteiger partial charge in [-0.25, -0.2) is 0 Å².